The predicted octanol–water partition coefficient (Wildman–Crippen LogP) is 0.787. The van der Waals surface area contributed by atoms with Gasteiger partial charge in [0.15, 0.2) is 0 Å². The Morgan fingerprint density at radius 2 is 2.35 bits per heavy atom. The first-order valence-corrected chi connectivity index (χ1v) is 7.07. The molecule has 1 aliphatic rings. The van der Waals surface area contributed by atoms with E-state index < -0.39 is 0 Å². The van der Waals surface area contributed by atoms with Crippen molar-refractivity contribution in [3.63, 3.8) is 0 Å². The van der Waals surface area contributed by atoms with Crippen LogP contribution in [0.5, 0.6) is 0 Å². The van der Waals surface area contributed by atoms with Crippen molar-refractivity contribution in [1.29, 1.82) is 0 Å². The van der Waals surface area contributed by atoms with E-state index in [9.17, 15) is 9.90 Å². The summed E-state index contributed by atoms with van der Waals surface area (Å²) in [6.45, 7) is 4.37. The van der Waals surface area contributed by atoms with E-state index >= 15 is 0 Å². The third-order valence-electron chi connectivity index (χ3n) is 3.76. The van der Waals surface area contributed by atoms with Gasteiger partial charge in [0.25, 0.3) is 0 Å². The molecular weight excluding hydrogens is 254 g/mol. The smallest absolute Gasteiger partial charge is 0.238 e. The van der Waals surface area contributed by atoms with Gasteiger partial charge >= 0.3 is 0 Å². The fourth-order valence-corrected chi connectivity index (χ4v) is 2.54. The summed E-state index contributed by atoms with van der Waals surface area (Å²) in [6.07, 6.45) is 0.493. The van der Waals surface area contributed by atoms with Gasteiger partial charge in [-0.2, -0.15) is 0 Å². The number of nitrogens with two attached hydrogens (primary N) is 1. The van der Waals surface area contributed by atoms with Gasteiger partial charge in [-0.05, 0) is 30.0 Å². The van der Waals surface area contributed by atoms with E-state index in [-0.39, 0.29) is 17.9 Å². The lowest BCUT2D eigenvalue weighted by atomic mass is 9.97. The largest absolute Gasteiger partial charge is 0.393 e. The first-order valence-electron chi connectivity index (χ1n) is 7.07. The zero-order chi connectivity index (χ0) is 14.5. The molecule has 2 unspecified atom stereocenters. The van der Waals surface area contributed by atoms with Crippen molar-refractivity contribution >= 4 is 11.6 Å². The molecule has 1 aromatic carbocycles. The summed E-state index contributed by atoms with van der Waals surface area (Å²) in [5.41, 5.74) is 7.36. The minimum Gasteiger partial charge on any atom is -0.393 e. The van der Waals surface area contributed by atoms with E-state index in [0.29, 0.717) is 13.1 Å². The SMILES string of the molecule is CC1CN(CC(=O)Nc2cccc(CN)c2)CCC1O. The lowest BCUT2D eigenvalue weighted by Gasteiger charge is -2.33. The highest BCUT2D eigenvalue weighted by atomic mass is 16.3. The Bertz CT molecular complexity index is 464. The summed E-state index contributed by atoms with van der Waals surface area (Å²) >= 11 is 0. The number of nitrogens with zero attached hydrogens (tertiary/aromatic N) is 1. The summed E-state index contributed by atoms with van der Waals surface area (Å²) in [7, 11) is 0. The number of aliphatic hydroxyl groups excluding tert-OH is 1. The molecule has 1 amide bonds. The number of likely N-dealkylation sites (tertiary alicyclic amines) is 1. The molecule has 2 atom stereocenters. The second-order valence-corrected chi connectivity index (χ2v) is 5.52. The Balaban J connectivity index is 1.86. The lowest BCUT2D eigenvalue weighted by Crippen LogP contribution is -2.45. The standard InChI is InChI=1S/C15H23N3O2/c1-11-9-18(6-5-14(11)19)10-15(20)17-13-4-2-3-12(7-13)8-16/h2-4,7,11,14,19H,5-6,8-10,16H2,1H3,(H,17,20). The summed E-state index contributed by atoms with van der Waals surface area (Å²) in [5.74, 6) is 0.194. The average molecular weight is 277 g/mol. The number of carbonyl (C=O) groups is 1. The Kier molecular flexibility index (Phi) is 5.11. The van der Waals surface area contributed by atoms with Crippen LogP contribution in [0.15, 0.2) is 24.3 Å². The van der Waals surface area contributed by atoms with Crippen LogP contribution >= 0.6 is 0 Å². The number of rotatable bonds is 4. The van der Waals surface area contributed by atoms with Gasteiger partial charge in [0, 0.05) is 25.3 Å². The molecular formula is C15H23N3O2. The van der Waals surface area contributed by atoms with Crippen molar-refractivity contribution in [3.05, 3.63) is 29.8 Å². The van der Waals surface area contributed by atoms with Crippen LogP contribution in [-0.2, 0) is 11.3 Å². The van der Waals surface area contributed by atoms with Crippen molar-refractivity contribution in [2.75, 3.05) is 25.0 Å². The molecule has 110 valence electrons. The number of nitrogens with one attached hydrogen (secondary N) is 1. The molecule has 0 bridgehead atoms. The molecule has 2 rings (SSSR count). The fourth-order valence-electron chi connectivity index (χ4n) is 2.54. The lowest BCUT2D eigenvalue weighted by molar-refractivity contribution is -0.118. The van der Waals surface area contributed by atoms with Crippen molar-refractivity contribution < 1.29 is 9.90 Å². The number of hydrogen-bond donors (Lipinski definition) is 3. The van der Waals surface area contributed by atoms with Crippen LogP contribution in [0.3, 0.4) is 0 Å². The zero-order valence-electron chi connectivity index (χ0n) is 11.9. The molecule has 1 aromatic rings. The van der Waals surface area contributed by atoms with E-state index in [2.05, 4.69) is 10.2 Å². The van der Waals surface area contributed by atoms with E-state index in [1.807, 2.05) is 31.2 Å². The third kappa shape index (κ3) is 4.03. The molecule has 0 saturated carbocycles. The zero-order valence-corrected chi connectivity index (χ0v) is 11.9. The summed E-state index contributed by atoms with van der Waals surface area (Å²) in [5, 5.41) is 12.6. The first kappa shape index (κ1) is 15.0. The quantitative estimate of drug-likeness (QED) is 0.760. The monoisotopic (exact) mass is 277 g/mol. The maximum Gasteiger partial charge on any atom is 0.238 e. The molecule has 0 radical (unpaired) electrons. The van der Waals surface area contributed by atoms with Crippen molar-refractivity contribution in [3.8, 4) is 0 Å². The van der Waals surface area contributed by atoms with Crippen molar-refractivity contribution in [2.24, 2.45) is 11.7 Å². The number of amides is 1. The molecule has 1 fully saturated rings. The Morgan fingerprint density at radius 1 is 1.55 bits per heavy atom. The highest BCUT2D eigenvalue weighted by Gasteiger charge is 2.25. The van der Waals surface area contributed by atoms with Gasteiger partial charge in [-0.25, -0.2) is 0 Å². The van der Waals surface area contributed by atoms with Crippen molar-refractivity contribution in [2.45, 2.75) is 26.0 Å². The van der Waals surface area contributed by atoms with Crippen LogP contribution in [0.25, 0.3) is 0 Å². The third-order valence-corrected chi connectivity index (χ3v) is 3.76. The molecule has 20 heavy (non-hydrogen) atoms. The molecule has 1 heterocycles. The molecule has 5 nitrogen and oxygen atoms in total. The Morgan fingerprint density at radius 3 is 3.05 bits per heavy atom. The molecule has 4 N–H and O–H groups in total. The maximum absolute atomic E-state index is 12.0. The van der Waals surface area contributed by atoms with Gasteiger partial charge in [0.2, 0.25) is 5.91 Å². The molecule has 0 spiro atoms. The van der Waals surface area contributed by atoms with Crippen LogP contribution in [0.2, 0.25) is 0 Å². The molecule has 1 saturated heterocycles. The Labute approximate surface area is 119 Å². The number of benzene rings is 1. The second kappa shape index (κ2) is 6.83. The average Bonchev–Trinajstić information content (AvgIpc) is 2.43. The van der Waals surface area contributed by atoms with Crippen molar-refractivity contribution in [1.82, 2.24) is 4.90 Å². The predicted molar refractivity (Wildman–Crippen MR) is 79.2 cm³/mol. The van der Waals surface area contributed by atoms with Gasteiger partial charge < -0.3 is 16.2 Å². The highest BCUT2D eigenvalue weighted by Crippen LogP contribution is 2.16. The van der Waals surface area contributed by atoms with E-state index in [1.165, 1.54) is 0 Å². The summed E-state index contributed by atoms with van der Waals surface area (Å²) in [6, 6.07) is 7.57. The van der Waals surface area contributed by atoms with Crippen LogP contribution < -0.4 is 11.1 Å². The number of hydrogen-bond acceptors (Lipinski definition) is 4. The van der Waals surface area contributed by atoms with E-state index in [0.717, 1.165) is 30.8 Å². The number of piperidine rings is 1. The molecule has 1 aliphatic heterocycles. The van der Waals surface area contributed by atoms with Gasteiger partial charge in [0.1, 0.15) is 0 Å². The van der Waals surface area contributed by atoms with Gasteiger partial charge in [-0.15, -0.1) is 0 Å². The van der Waals surface area contributed by atoms with E-state index in [1.54, 1.807) is 0 Å². The normalized spacial score (nSPS) is 23.6. The minimum absolute atomic E-state index is 0.0252. The van der Waals surface area contributed by atoms with E-state index in [4.69, 9.17) is 5.73 Å². The maximum atomic E-state index is 12.0. The Hall–Kier alpha value is -1.43. The van der Waals surface area contributed by atoms with Crippen LogP contribution in [0.1, 0.15) is 18.9 Å². The van der Waals surface area contributed by atoms with Gasteiger partial charge in [-0.1, -0.05) is 19.1 Å². The molecule has 0 aliphatic carbocycles. The van der Waals surface area contributed by atoms with Gasteiger partial charge in [0.05, 0.1) is 12.6 Å². The van der Waals surface area contributed by atoms with Crippen LogP contribution in [0, 0.1) is 5.92 Å². The minimum atomic E-state index is -0.240. The number of carbonyl (C=O) groups excluding carboxylic acids is 1. The highest BCUT2D eigenvalue weighted by molar-refractivity contribution is 5.92. The number of aliphatic hydroxyl groups is 1. The second-order valence-electron chi connectivity index (χ2n) is 5.52. The van der Waals surface area contributed by atoms with Gasteiger partial charge in [-0.3, -0.25) is 9.69 Å². The van der Waals surface area contributed by atoms with Crippen LogP contribution in [0.4, 0.5) is 5.69 Å². The van der Waals surface area contributed by atoms with Crippen LogP contribution in [-0.4, -0.2) is 41.7 Å². The summed E-state index contributed by atoms with van der Waals surface area (Å²) < 4.78 is 0. The summed E-state index contributed by atoms with van der Waals surface area (Å²) in [4.78, 5) is 14.1. The fraction of sp³-hybridized carbons (Fsp3) is 0.533. The molecule has 5 heteroatoms. The molecule has 0 aromatic heterocycles. The first-order chi connectivity index (χ1) is 9.58. The topological polar surface area (TPSA) is 78.6 Å². The number of anilines is 1.